The molecule has 0 atom stereocenters. The van der Waals surface area contributed by atoms with Crippen molar-refractivity contribution in [2.45, 2.75) is 23.3 Å². The molecule has 0 saturated carbocycles. The highest BCUT2D eigenvalue weighted by Crippen LogP contribution is 2.47. The van der Waals surface area contributed by atoms with Crippen molar-refractivity contribution >= 4 is 11.8 Å². The van der Waals surface area contributed by atoms with Crippen LogP contribution in [0.5, 0.6) is 0 Å². The average molecular weight is 260 g/mol. The second-order valence-corrected chi connectivity index (χ2v) is 4.22. The van der Waals surface area contributed by atoms with E-state index >= 15 is 0 Å². The zero-order chi connectivity index (χ0) is 12.6. The zero-order valence-corrected chi connectivity index (χ0v) is 8.72. The summed E-state index contributed by atoms with van der Waals surface area (Å²) in [5.41, 5.74) is 0.180. The van der Waals surface area contributed by atoms with Crippen molar-refractivity contribution in [2.24, 2.45) is 0 Å². The van der Waals surface area contributed by atoms with E-state index < -0.39 is 33.9 Å². The number of hydrogen-bond donors (Lipinski definition) is 0. The fourth-order valence-electron chi connectivity index (χ4n) is 0.843. The van der Waals surface area contributed by atoms with E-state index in [9.17, 15) is 26.3 Å². The van der Waals surface area contributed by atoms with Crippen molar-refractivity contribution in [3.05, 3.63) is 29.6 Å². The Morgan fingerprint density at radius 2 is 1.62 bits per heavy atom. The fourth-order valence-corrected chi connectivity index (χ4v) is 1.55. The van der Waals surface area contributed by atoms with Crippen LogP contribution < -0.4 is 0 Å². The van der Waals surface area contributed by atoms with Crippen molar-refractivity contribution < 1.29 is 26.3 Å². The molecule has 1 aromatic rings. The van der Waals surface area contributed by atoms with Gasteiger partial charge in [-0.3, -0.25) is 0 Å². The summed E-state index contributed by atoms with van der Waals surface area (Å²) in [4.78, 5) is -0.467. The van der Waals surface area contributed by atoms with Crippen LogP contribution in [0.25, 0.3) is 0 Å². The van der Waals surface area contributed by atoms with E-state index in [2.05, 4.69) is 0 Å². The standard InChI is InChI=1S/C9H6F6S/c1-5-2-3-6(4-7(5)10)16-9(14,15)8(11,12)13/h2-4H,1H3. The van der Waals surface area contributed by atoms with Gasteiger partial charge in [-0.25, -0.2) is 4.39 Å². The quantitative estimate of drug-likeness (QED) is 0.561. The number of alkyl halides is 5. The van der Waals surface area contributed by atoms with Crippen LogP contribution in [0.1, 0.15) is 5.56 Å². The van der Waals surface area contributed by atoms with Crippen LogP contribution in [0.3, 0.4) is 0 Å². The van der Waals surface area contributed by atoms with Gasteiger partial charge in [-0.2, -0.15) is 22.0 Å². The molecule has 16 heavy (non-hydrogen) atoms. The molecule has 0 aliphatic carbocycles. The van der Waals surface area contributed by atoms with Gasteiger partial charge in [-0.05, 0) is 36.4 Å². The molecule has 0 unspecified atom stereocenters. The van der Waals surface area contributed by atoms with Gasteiger partial charge >= 0.3 is 11.4 Å². The molecule has 0 radical (unpaired) electrons. The second kappa shape index (κ2) is 4.20. The lowest BCUT2D eigenvalue weighted by atomic mass is 10.2. The largest absolute Gasteiger partial charge is 0.464 e. The molecule has 0 amide bonds. The Hall–Kier alpha value is -0.850. The van der Waals surface area contributed by atoms with Crippen LogP contribution in [0.15, 0.2) is 23.1 Å². The van der Waals surface area contributed by atoms with E-state index in [1.807, 2.05) is 0 Å². The lowest BCUT2D eigenvalue weighted by molar-refractivity contribution is -0.237. The maximum absolute atomic E-state index is 12.9. The van der Waals surface area contributed by atoms with E-state index in [0.717, 1.165) is 12.1 Å². The number of rotatable bonds is 2. The van der Waals surface area contributed by atoms with Crippen LogP contribution in [-0.4, -0.2) is 11.4 Å². The molecule has 1 aromatic carbocycles. The third-order valence-corrected chi connectivity index (χ3v) is 2.70. The fraction of sp³-hybridized carbons (Fsp3) is 0.333. The van der Waals surface area contributed by atoms with E-state index in [1.165, 1.54) is 6.92 Å². The first-order chi connectivity index (χ1) is 7.13. The van der Waals surface area contributed by atoms with Gasteiger partial charge in [0.05, 0.1) is 0 Å². The topological polar surface area (TPSA) is 0 Å². The molecule has 0 saturated heterocycles. The van der Waals surface area contributed by atoms with Gasteiger partial charge in [0.2, 0.25) is 0 Å². The van der Waals surface area contributed by atoms with Gasteiger partial charge in [0, 0.05) is 4.90 Å². The summed E-state index contributed by atoms with van der Waals surface area (Å²) in [5, 5.41) is -4.92. The summed E-state index contributed by atoms with van der Waals surface area (Å²) in [6.07, 6.45) is -5.65. The number of hydrogen-bond acceptors (Lipinski definition) is 1. The molecule has 7 heteroatoms. The van der Waals surface area contributed by atoms with Crippen molar-refractivity contribution in [3.63, 3.8) is 0 Å². The molecular formula is C9H6F6S. The van der Waals surface area contributed by atoms with Crippen molar-refractivity contribution in [3.8, 4) is 0 Å². The van der Waals surface area contributed by atoms with Gasteiger partial charge in [0.1, 0.15) is 5.82 Å². The molecule has 1 rings (SSSR count). The molecule has 0 heterocycles. The predicted octanol–water partition coefficient (Wildman–Crippen LogP) is 4.38. The monoisotopic (exact) mass is 260 g/mol. The SMILES string of the molecule is Cc1ccc(SC(F)(F)C(F)(F)F)cc1F. The highest BCUT2D eigenvalue weighted by molar-refractivity contribution is 8.00. The molecule has 0 aromatic heterocycles. The summed E-state index contributed by atoms with van der Waals surface area (Å²) in [7, 11) is 0. The third-order valence-electron chi connectivity index (χ3n) is 1.72. The summed E-state index contributed by atoms with van der Waals surface area (Å²) in [5.74, 6) is -0.817. The van der Waals surface area contributed by atoms with Gasteiger partial charge in [-0.1, -0.05) is 6.07 Å². The van der Waals surface area contributed by atoms with E-state index in [0.29, 0.717) is 6.07 Å². The smallest absolute Gasteiger partial charge is 0.207 e. The Morgan fingerprint density at radius 3 is 2.06 bits per heavy atom. The predicted molar refractivity (Wildman–Crippen MR) is 48.0 cm³/mol. The highest BCUT2D eigenvalue weighted by atomic mass is 32.2. The maximum Gasteiger partial charge on any atom is 0.464 e. The van der Waals surface area contributed by atoms with Crippen LogP contribution >= 0.6 is 11.8 Å². The molecule has 0 aliphatic heterocycles. The second-order valence-electron chi connectivity index (χ2n) is 3.03. The Bertz CT molecular complexity index is 384. The number of benzene rings is 1. The minimum atomic E-state index is -5.65. The van der Waals surface area contributed by atoms with Crippen LogP contribution in [0.2, 0.25) is 0 Å². The Labute approximate surface area is 91.6 Å². The van der Waals surface area contributed by atoms with E-state index in [1.54, 1.807) is 0 Å². The molecule has 0 spiro atoms. The Balaban J connectivity index is 2.93. The summed E-state index contributed by atoms with van der Waals surface area (Å²) < 4.78 is 73.5. The molecule has 0 bridgehead atoms. The van der Waals surface area contributed by atoms with Crippen molar-refractivity contribution in [2.75, 3.05) is 0 Å². The summed E-state index contributed by atoms with van der Waals surface area (Å²) in [6.45, 7) is 1.38. The molecule has 0 nitrogen and oxygen atoms in total. The number of aryl methyl sites for hydroxylation is 1. The van der Waals surface area contributed by atoms with Gasteiger partial charge < -0.3 is 0 Å². The van der Waals surface area contributed by atoms with E-state index in [4.69, 9.17) is 0 Å². The van der Waals surface area contributed by atoms with Gasteiger partial charge in [0.25, 0.3) is 0 Å². The minimum absolute atomic E-state index is 0.180. The normalized spacial score (nSPS) is 12.9. The third kappa shape index (κ3) is 2.84. The summed E-state index contributed by atoms with van der Waals surface area (Å²) in [6, 6.07) is 2.81. The van der Waals surface area contributed by atoms with Gasteiger partial charge in [-0.15, -0.1) is 0 Å². The zero-order valence-electron chi connectivity index (χ0n) is 7.91. The maximum atomic E-state index is 12.9. The molecule has 0 fully saturated rings. The minimum Gasteiger partial charge on any atom is -0.207 e. The Kier molecular flexibility index (Phi) is 3.47. The first-order valence-electron chi connectivity index (χ1n) is 4.03. The average Bonchev–Trinajstić information content (AvgIpc) is 2.09. The number of halogens is 6. The first kappa shape index (κ1) is 13.2. The molecular weight excluding hydrogens is 254 g/mol. The molecule has 0 aliphatic rings. The summed E-state index contributed by atoms with van der Waals surface area (Å²) >= 11 is -0.723. The van der Waals surface area contributed by atoms with E-state index in [-0.39, 0.29) is 5.56 Å². The highest BCUT2D eigenvalue weighted by Gasteiger charge is 2.58. The lowest BCUT2D eigenvalue weighted by Crippen LogP contribution is -2.32. The van der Waals surface area contributed by atoms with Crippen molar-refractivity contribution in [1.29, 1.82) is 0 Å². The molecule has 90 valence electrons. The lowest BCUT2D eigenvalue weighted by Gasteiger charge is -2.18. The van der Waals surface area contributed by atoms with Crippen molar-refractivity contribution in [1.82, 2.24) is 0 Å². The van der Waals surface area contributed by atoms with Crippen LogP contribution in [0.4, 0.5) is 26.3 Å². The molecule has 0 N–H and O–H groups in total. The number of thioether (sulfide) groups is 1. The van der Waals surface area contributed by atoms with Crippen LogP contribution in [0, 0.1) is 12.7 Å². The van der Waals surface area contributed by atoms with Crippen LogP contribution in [-0.2, 0) is 0 Å². The Morgan fingerprint density at radius 1 is 1.06 bits per heavy atom. The first-order valence-corrected chi connectivity index (χ1v) is 4.85. The van der Waals surface area contributed by atoms with Gasteiger partial charge in [0.15, 0.2) is 0 Å².